The maximum absolute atomic E-state index is 12.2. The van der Waals surface area contributed by atoms with Gasteiger partial charge >= 0.3 is 0 Å². The van der Waals surface area contributed by atoms with E-state index < -0.39 is 5.92 Å². The molecule has 2 unspecified atom stereocenters. The number of amides is 1. The van der Waals surface area contributed by atoms with Crippen LogP contribution in [0.25, 0.3) is 0 Å². The third kappa shape index (κ3) is 4.63. The Labute approximate surface area is 104 Å². The molecule has 0 aromatic rings. The van der Waals surface area contributed by atoms with Crippen molar-refractivity contribution in [2.75, 3.05) is 7.05 Å². The van der Waals surface area contributed by atoms with Gasteiger partial charge in [0.15, 0.2) is 5.84 Å². The van der Waals surface area contributed by atoms with Gasteiger partial charge in [0.2, 0.25) is 5.91 Å². The smallest absolute Gasteiger partial charge is 0.233 e. The van der Waals surface area contributed by atoms with Gasteiger partial charge in [0, 0.05) is 13.1 Å². The van der Waals surface area contributed by atoms with E-state index in [1.54, 1.807) is 11.9 Å². The number of hydrogen-bond acceptors (Lipinski definition) is 3. The van der Waals surface area contributed by atoms with E-state index in [1.807, 2.05) is 13.8 Å². The minimum atomic E-state index is -0.528. The van der Waals surface area contributed by atoms with Gasteiger partial charge in [0.05, 0.1) is 5.92 Å². The van der Waals surface area contributed by atoms with E-state index in [0.29, 0.717) is 12.3 Å². The van der Waals surface area contributed by atoms with Crippen LogP contribution in [0.5, 0.6) is 0 Å². The van der Waals surface area contributed by atoms with Gasteiger partial charge < -0.3 is 15.8 Å². The molecule has 0 heterocycles. The number of amidine groups is 1. The van der Waals surface area contributed by atoms with Gasteiger partial charge in [0.25, 0.3) is 0 Å². The maximum Gasteiger partial charge on any atom is 0.233 e. The summed E-state index contributed by atoms with van der Waals surface area (Å²) < 4.78 is 0. The lowest BCUT2D eigenvalue weighted by atomic mass is 10.00. The Hall–Kier alpha value is -1.26. The quantitative estimate of drug-likeness (QED) is 0.322. The molecule has 0 aliphatic rings. The van der Waals surface area contributed by atoms with Crippen molar-refractivity contribution in [3.05, 3.63) is 0 Å². The fraction of sp³-hybridized carbons (Fsp3) is 0.833. The van der Waals surface area contributed by atoms with E-state index >= 15 is 0 Å². The van der Waals surface area contributed by atoms with Gasteiger partial charge in [0.1, 0.15) is 0 Å². The summed E-state index contributed by atoms with van der Waals surface area (Å²) in [5, 5.41) is 11.6. The molecule has 5 nitrogen and oxygen atoms in total. The molecule has 0 fully saturated rings. The minimum absolute atomic E-state index is 0.0129. The zero-order valence-corrected chi connectivity index (χ0v) is 11.5. The summed E-state index contributed by atoms with van der Waals surface area (Å²) in [6, 6.07) is 0.156. The molecule has 0 rings (SSSR count). The molecule has 5 heteroatoms. The summed E-state index contributed by atoms with van der Waals surface area (Å²) >= 11 is 0. The molecule has 0 radical (unpaired) electrons. The van der Waals surface area contributed by atoms with Crippen molar-refractivity contribution in [3.63, 3.8) is 0 Å². The van der Waals surface area contributed by atoms with Crippen molar-refractivity contribution in [2.45, 2.75) is 46.6 Å². The van der Waals surface area contributed by atoms with Crippen molar-refractivity contribution in [1.29, 1.82) is 0 Å². The predicted molar refractivity (Wildman–Crippen MR) is 68.9 cm³/mol. The average Bonchev–Trinajstić information content (AvgIpc) is 2.27. The van der Waals surface area contributed by atoms with Crippen LogP contribution < -0.4 is 5.73 Å². The van der Waals surface area contributed by atoms with Crippen LogP contribution in [0.2, 0.25) is 0 Å². The van der Waals surface area contributed by atoms with E-state index in [9.17, 15) is 4.79 Å². The van der Waals surface area contributed by atoms with Gasteiger partial charge in [-0.15, -0.1) is 0 Å². The Morgan fingerprint density at radius 3 is 2.29 bits per heavy atom. The number of nitrogens with two attached hydrogens (primary N) is 1. The molecule has 0 spiro atoms. The lowest BCUT2D eigenvalue weighted by Gasteiger charge is -2.29. The van der Waals surface area contributed by atoms with Gasteiger partial charge in [-0.25, -0.2) is 0 Å². The van der Waals surface area contributed by atoms with Gasteiger partial charge in [-0.2, -0.15) is 0 Å². The van der Waals surface area contributed by atoms with Crippen molar-refractivity contribution < 1.29 is 10.0 Å². The van der Waals surface area contributed by atoms with Crippen LogP contribution >= 0.6 is 0 Å². The Kier molecular flexibility index (Phi) is 6.61. The molecule has 3 N–H and O–H groups in total. The van der Waals surface area contributed by atoms with E-state index in [4.69, 9.17) is 10.9 Å². The lowest BCUT2D eigenvalue weighted by Crippen LogP contribution is -2.44. The summed E-state index contributed by atoms with van der Waals surface area (Å²) in [5.41, 5.74) is 5.52. The second kappa shape index (κ2) is 7.14. The second-order valence-electron chi connectivity index (χ2n) is 4.91. The van der Waals surface area contributed by atoms with E-state index in [0.717, 1.165) is 6.42 Å². The highest BCUT2D eigenvalue weighted by Gasteiger charge is 2.27. The summed E-state index contributed by atoms with van der Waals surface area (Å²) in [6.45, 7) is 8.10. The van der Waals surface area contributed by atoms with Gasteiger partial charge in [-0.1, -0.05) is 25.9 Å². The second-order valence-corrected chi connectivity index (χ2v) is 4.91. The number of carbonyl (C=O) groups is 1. The molecule has 0 aliphatic heterocycles. The summed E-state index contributed by atoms with van der Waals surface area (Å²) in [7, 11) is 1.77. The molecular weight excluding hydrogens is 218 g/mol. The molecule has 0 saturated heterocycles. The number of oxime groups is 1. The Morgan fingerprint density at radius 1 is 1.41 bits per heavy atom. The molecule has 0 bridgehead atoms. The van der Waals surface area contributed by atoms with Gasteiger partial charge in [-0.3, -0.25) is 4.79 Å². The zero-order chi connectivity index (χ0) is 13.6. The van der Waals surface area contributed by atoms with Crippen LogP contribution in [-0.2, 0) is 4.79 Å². The van der Waals surface area contributed by atoms with E-state index in [-0.39, 0.29) is 17.8 Å². The largest absolute Gasteiger partial charge is 0.409 e. The first-order valence-electron chi connectivity index (χ1n) is 6.09. The topological polar surface area (TPSA) is 78.9 Å². The van der Waals surface area contributed by atoms with Crippen LogP contribution in [0.3, 0.4) is 0 Å². The summed E-state index contributed by atoms with van der Waals surface area (Å²) in [4.78, 5) is 13.8. The van der Waals surface area contributed by atoms with Crippen LogP contribution in [0, 0.1) is 11.8 Å². The molecule has 0 aromatic carbocycles. The first-order chi connectivity index (χ1) is 7.84. The number of nitrogens with zero attached hydrogens (tertiary/aromatic N) is 2. The highest BCUT2D eigenvalue weighted by Crippen LogP contribution is 2.14. The van der Waals surface area contributed by atoms with Crippen LogP contribution in [0.1, 0.15) is 40.5 Å². The molecule has 0 aromatic heterocycles. The van der Waals surface area contributed by atoms with Crippen molar-refractivity contribution in [3.8, 4) is 0 Å². The predicted octanol–water partition coefficient (Wildman–Crippen LogP) is 1.65. The minimum Gasteiger partial charge on any atom is -0.409 e. The fourth-order valence-corrected chi connectivity index (χ4v) is 1.88. The molecule has 100 valence electrons. The maximum atomic E-state index is 12.2. The molecule has 0 saturated carbocycles. The molecular formula is C12H25N3O2. The summed E-state index contributed by atoms with van der Waals surface area (Å²) in [6.07, 6.45) is 1.47. The molecule has 1 amide bonds. The fourth-order valence-electron chi connectivity index (χ4n) is 1.88. The van der Waals surface area contributed by atoms with Crippen LogP contribution in [-0.4, -0.2) is 34.9 Å². The number of hydrogen-bond donors (Lipinski definition) is 2. The van der Waals surface area contributed by atoms with Crippen molar-refractivity contribution >= 4 is 11.7 Å². The third-order valence-corrected chi connectivity index (χ3v) is 3.00. The molecule has 2 atom stereocenters. The first-order valence-corrected chi connectivity index (χ1v) is 6.09. The summed E-state index contributed by atoms with van der Waals surface area (Å²) in [5.74, 6) is -0.0964. The van der Waals surface area contributed by atoms with E-state index in [2.05, 4.69) is 19.0 Å². The number of rotatable bonds is 6. The number of carbonyl (C=O) groups excluding carboxylic acids is 1. The van der Waals surface area contributed by atoms with Crippen molar-refractivity contribution in [2.24, 2.45) is 22.7 Å². The zero-order valence-electron chi connectivity index (χ0n) is 11.5. The third-order valence-electron chi connectivity index (χ3n) is 3.00. The highest BCUT2D eigenvalue weighted by molar-refractivity contribution is 6.02. The Morgan fingerprint density at radius 2 is 1.94 bits per heavy atom. The van der Waals surface area contributed by atoms with Gasteiger partial charge in [-0.05, 0) is 25.7 Å². The standard InChI is InChI=1S/C12H25N3O2/c1-6-10(11(13)14-17)12(16)15(5)9(4)7-8(2)3/h8-10,17H,6-7H2,1-5H3,(H2,13,14). The van der Waals surface area contributed by atoms with Crippen molar-refractivity contribution in [1.82, 2.24) is 4.90 Å². The van der Waals surface area contributed by atoms with Crippen LogP contribution in [0.15, 0.2) is 5.16 Å². The van der Waals surface area contributed by atoms with Crippen LogP contribution in [0.4, 0.5) is 0 Å². The molecule has 0 aliphatic carbocycles. The normalized spacial score (nSPS) is 15.8. The lowest BCUT2D eigenvalue weighted by molar-refractivity contribution is -0.134. The Bertz CT molecular complexity index is 277. The first kappa shape index (κ1) is 15.7. The van der Waals surface area contributed by atoms with E-state index in [1.165, 1.54) is 0 Å². The monoisotopic (exact) mass is 243 g/mol. The molecule has 17 heavy (non-hydrogen) atoms. The average molecular weight is 243 g/mol. The Balaban J connectivity index is 4.67. The highest BCUT2D eigenvalue weighted by atomic mass is 16.4. The SMILES string of the molecule is CCC(C(=O)N(C)C(C)CC(C)C)C(N)=NO.